The Kier molecular flexibility index (Phi) is 6.80. The first-order chi connectivity index (χ1) is 15.9. The van der Waals surface area contributed by atoms with E-state index in [4.69, 9.17) is 14.6 Å². The van der Waals surface area contributed by atoms with Crippen LogP contribution in [0.4, 0.5) is 4.79 Å². The lowest BCUT2D eigenvalue weighted by atomic mass is 10.0. The fraction of sp³-hybridized carbons (Fsp3) is 0.545. The van der Waals surface area contributed by atoms with Crippen molar-refractivity contribution in [1.82, 2.24) is 19.4 Å². The highest BCUT2D eigenvalue weighted by Crippen LogP contribution is 2.25. The number of aryl methyl sites for hydroxylation is 2. The predicted octanol–water partition coefficient (Wildman–Crippen LogP) is 0.646. The minimum absolute atomic E-state index is 0.200. The van der Waals surface area contributed by atoms with Gasteiger partial charge in [-0.2, -0.15) is 0 Å². The monoisotopic (exact) mass is 460 g/mol. The van der Waals surface area contributed by atoms with Gasteiger partial charge in [-0.3, -0.25) is 24.0 Å². The van der Waals surface area contributed by atoms with Gasteiger partial charge in [0.25, 0.3) is 0 Å². The van der Waals surface area contributed by atoms with E-state index in [0.29, 0.717) is 57.7 Å². The number of rotatable bonds is 7. The van der Waals surface area contributed by atoms with E-state index in [-0.39, 0.29) is 24.1 Å². The molecule has 2 fully saturated rings. The summed E-state index contributed by atoms with van der Waals surface area (Å²) in [6.45, 7) is 1.81. The second-order valence-electron chi connectivity index (χ2n) is 8.36. The molecule has 2 N–H and O–H groups in total. The highest BCUT2D eigenvalue weighted by molar-refractivity contribution is 6.00. The molecule has 1 aromatic carbocycles. The maximum Gasteiger partial charge on any atom is 0.407 e. The summed E-state index contributed by atoms with van der Waals surface area (Å²) < 4.78 is 14.3. The fourth-order valence-corrected chi connectivity index (χ4v) is 4.52. The number of imide groups is 1. The average Bonchev–Trinajstić information content (AvgIpc) is 3.05. The summed E-state index contributed by atoms with van der Waals surface area (Å²) in [4.78, 5) is 49.3. The van der Waals surface area contributed by atoms with Gasteiger partial charge in [-0.15, -0.1) is 0 Å². The molecular weight excluding hydrogens is 432 g/mol. The standard InChI is InChI=1S/C22H28N4O7/c1-24-19-14(5-3-10-32-13-15-12-25(22(30)31)9-11-33-15)4-2-6-16(19)26(21(24)29)17-7-8-18(27)23-20(17)28/h2,4,6,15,17H,3,5,7-13H2,1H3,(H,30,31)(H,23,27,28)/t15-,17?/m0/s1. The zero-order chi connectivity index (χ0) is 23.5. The van der Waals surface area contributed by atoms with E-state index in [2.05, 4.69) is 5.32 Å². The first-order valence-corrected chi connectivity index (χ1v) is 11.1. The Balaban J connectivity index is 1.40. The molecule has 2 atom stereocenters. The first kappa shape index (κ1) is 23.0. The van der Waals surface area contributed by atoms with Gasteiger partial charge >= 0.3 is 11.8 Å². The number of hydrogen-bond acceptors (Lipinski definition) is 6. The van der Waals surface area contributed by atoms with Crippen molar-refractivity contribution in [2.24, 2.45) is 7.05 Å². The minimum atomic E-state index is -0.953. The van der Waals surface area contributed by atoms with E-state index in [1.807, 2.05) is 18.2 Å². The van der Waals surface area contributed by atoms with Crippen LogP contribution in [0.15, 0.2) is 23.0 Å². The Morgan fingerprint density at radius 2 is 2.12 bits per heavy atom. The van der Waals surface area contributed by atoms with E-state index in [1.165, 1.54) is 9.47 Å². The van der Waals surface area contributed by atoms with Gasteiger partial charge in [-0.05, 0) is 30.9 Å². The quantitative estimate of drug-likeness (QED) is 0.458. The summed E-state index contributed by atoms with van der Waals surface area (Å²) >= 11 is 0. The molecule has 2 aliphatic rings. The number of nitrogens with one attached hydrogen (secondary N) is 1. The average molecular weight is 460 g/mol. The first-order valence-electron chi connectivity index (χ1n) is 11.1. The van der Waals surface area contributed by atoms with Gasteiger partial charge in [-0.25, -0.2) is 9.59 Å². The van der Waals surface area contributed by atoms with Crippen molar-refractivity contribution < 1.29 is 29.0 Å². The van der Waals surface area contributed by atoms with Crippen molar-refractivity contribution in [2.45, 2.75) is 37.8 Å². The molecule has 33 heavy (non-hydrogen) atoms. The Bertz CT molecular complexity index is 1120. The molecule has 2 aliphatic heterocycles. The number of benzene rings is 1. The molecule has 0 radical (unpaired) electrons. The van der Waals surface area contributed by atoms with Crippen LogP contribution in [-0.4, -0.2) is 76.1 Å². The minimum Gasteiger partial charge on any atom is -0.465 e. The number of fused-ring (bicyclic) bond motifs is 1. The molecule has 0 aliphatic carbocycles. The lowest BCUT2D eigenvalue weighted by Crippen LogP contribution is -2.46. The Labute approximate surface area is 189 Å². The maximum absolute atomic E-state index is 13.0. The molecule has 1 aromatic heterocycles. The number of ether oxygens (including phenoxy) is 2. The Morgan fingerprint density at radius 1 is 1.30 bits per heavy atom. The van der Waals surface area contributed by atoms with Gasteiger partial charge in [0.1, 0.15) is 6.04 Å². The van der Waals surface area contributed by atoms with Crippen LogP contribution in [0.1, 0.15) is 30.9 Å². The molecule has 0 spiro atoms. The van der Waals surface area contributed by atoms with Crippen LogP contribution >= 0.6 is 0 Å². The summed E-state index contributed by atoms with van der Waals surface area (Å²) in [6.07, 6.45) is 0.631. The van der Waals surface area contributed by atoms with Crippen LogP contribution in [0, 0.1) is 0 Å². The number of hydrogen-bond donors (Lipinski definition) is 2. The highest BCUT2D eigenvalue weighted by atomic mass is 16.5. The Hall–Kier alpha value is -3.18. The van der Waals surface area contributed by atoms with Gasteiger partial charge < -0.3 is 19.5 Å². The number of carbonyl (C=O) groups excluding carboxylic acids is 2. The second-order valence-corrected chi connectivity index (χ2v) is 8.36. The van der Waals surface area contributed by atoms with Gasteiger partial charge in [-0.1, -0.05) is 12.1 Å². The molecule has 4 rings (SSSR count). The van der Waals surface area contributed by atoms with Crippen LogP contribution in [0.25, 0.3) is 11.0 Å². The molecule has 2 aromatic rings. The molecule has 1 unspecified atom stereocenters. The largest absolute Gasteiger partial charge is 0.465 e. The lowest BCUT2D eigenvalue weighted by molar-refractivity contribution is -0.135. The van der Waals surface area contributed by atoms with Crippen molar-refractivity contribution in [1.29, 1.82) is 0 Å². The number of para-hydroxylation sites is 1. The van der Waals surface area contributed by atoms with E-state index in [9.17, 15) is 19.2 Å². The van der Waals surface area contributed by atoms with Crippen LogP contribution in [0.5, 0.6) is 0 Å². The van der Waals surface area contributed by atoms with Crippen LogP contribution < -0.4 is 11.0 Å². The van der Waals surface area contributed by atoms with Crippen molar-refractivity contribution in [3.8, 4) is 0 Å². The van der Waals surface area contributed by atoms with Crippen molar-refractivity contribution >= 4 is 28.9 Å². The summed E-state index contributed by atoms with van der Waals surface area (Å²) in [6, 6.07) is 4.91. The number of piperidine rings is 1. The van der Waals surface area contributed by atoms with E-state index >= 15 is 0 Å². The molecule has 3 heterocycles. The van der Waals surface area contributed by atoms with E-state index < -0.39 is 18.0 Å². The zero-order valence-corrected chi connectivity index (χ0v) is 18.5. The number of imidazole rings is 1. The van der Waals surface area contributed by atoms with Crippen LogP contribution in [-0.2, 0) is 32.5 Å². The number of morpholine rings is 1. The van der Waals surface area contributed by atoms with Gasteiger partial charge in [0.05, 0.1) is 36.9 Å². The smallest absolute Gasteiger partial charge is 0.407 e. The van der Waals surface area contributed by atoms with Crippen molar-refractivity contribution in [3.63, 3.8) is 0 Å². The fourth-order valence-electron chi connectivity index (χ4n) is 4.52. The predicted molar refractivity (Wildman–Crippen MR) is 117 cm³/mol. The molecule has 11 nitrogen and oxygen atoms in total. The molecule has 178 valence electrons. The SMILES string of the molecule is Cn1c(=O)n(C2CCC(=O)NC2=O)c2cccc(CCCOC[C@@H]3CN(C(=O)O)CCO3)c21. The molecule has 2 saturated heterocycles. The number of carbonyl (C=O) groups is 3. The summed E-state index contributed by atoms with van der Waals surface area (Å²) in [5.41, 5.74) is 2.10. The number of aromatic nitrogens is 2. The summed E-state index contributed by atoms with van der Waals surface area (Å²) in [5.74, 6) is -0.773. The van der Waals surface area contributed by atoms with E-state index in [1.54, 1.807) is 11.6 Å². The number of carboxylic acid groups (broad SMARTS) is 1. The third-order valence-electron chi connectivity index (χ3n) is 6.16. The van der Waals surface area contributed by atoms with E-state index in [0.717, 1.165) is 11.1 Å². The van der Waals surface area contributed by atoms with Crippen molar-refractivity contribution in [3.05, 3.63) is 34.2 Å². The normalized spacial score (nSPS) is 21.4. The third kappa shape index (κ3) is 4.79. The second kappa shape index (κ2) is 9.75. The lowest BCUT2D eigenvalue weighted by Gasteiger charge is -2.30. The highest BCUT2D eigenvalue weighted by Gasteiger charge is 2.31. The molecule has 3 amide bonds. The van der Waals surface area contributed by atoms with Crippen LogP contribution in [0.3, 0.4) is 0 Å². The molecular formula is C22H28N4O7. The maximum atomic E-state index is 13.0. The number of nitrogens with zero attached hydrogens (tertiary/aromatic N) is 3. The molecule has 0 saturated carbocycles. The topological polar surface area (TPSA) is 132 Å². The van der Waals surface area contributed by atoms with Gasteiger partial charge in [0.2, 0.25) is 11.8 Å². The summed E-state index contributed by atoms with van der Waals surface area (Å²) in [5, 5.41) is 11.4. The number of amides is 3. The van der Waals surface area contributed by atoms with Crippen LogP contribution in [0.2, 0.25) is 0 Å². The summed E-state index contributed by atoms with van der Waals surface area (Å²) in [7, 11) is 1.68. The van der Waals surface area contributed by atoms with Gasteiger partial charge in [0, 0.05) is 26.6 Å². The van der Waals surface area contributed by atoms with Crippen molar-refractivity contribution in [2.75, 3.05) is 32.9 Å². The molecule has 0 bridgehead atoms. The van der Waals surface area contributed by atoms with Gasteiger partial charge in [0.15, 0.2) is 0 Å². The zero-order valence-electron chi connectivity index (χ0n) is 18.5. The molecule has 11 heteroatoms. The third-order valence-corrected chi connectivity index (χ3v) is 6.16. The Morgan fingerprint density at radius 3 is 2.88 bits per heavy atom.